The van der Waals surface area contributed by atoms with Gasteiger partial charge in [-0.15, -0.1) is 0 Å². The van der Waals surface area contributed by atoms with Crippen LogP contribution in [0, 0.1) is 0 Å². The lowest BCUT2D eigenvalue weighted by molar-refractivity contribution is -0.137. The first-order chi connectivity index (χ1) is 14.3. The topological polar surface area (TPSA) is 43.8 Å². The molecule has 5 rings (SSSR count). The molecule has 2 saturated heterocycles. The predicted molar refractivity (Wildman–Crippen MR) is 108 cm³/mol. The Morgan fingerprint density at radius 2 is 1.70 bits per heavy atom. The van der Waals surface area contributed by atoms with Crippen LogP contribution in [0.25, 0.3) is 0 Å². The highest BCUT2D eigenvalue weighted by Gasteiger charge is 2.42. The van der Waals surface area contributed by atoms with Crippen molar-refractivity contribution in [3.05, 3.63) is 48.0 Å². The minimum atomic E-state index is -4.48. The number of hydrogen-bond donors (Lipinski definition) is 1. The van der Waals surface area contributed by atoms with Crippen molar-refractivity contribution in [2.75, 3.05) is 11.4 Å². The number of anilines is 2. The Morgan fingerprint density at radius 1 is 1.03 bits per heavy atom. The van der Waals surface area contributed by atoms with Gasteiger partial charge in [-0.05, 0) is 56.0 Å². The summed E-state index contributed by atoms with van der Waals surface area (Å²) in [6.45, 7) is 0.136. The van der Waals surface area contributed by atoms with Crippen LogP contribution in [0.2, 0.25) is 0 Å². The molecule has 3 aliphatic rings. The quantitative estimate of drug-likeness (QED) is 0.736. The zero-order chi connectivity index (χ0) is 21.0. The first kappa shape index (κ1) is 19.9. The van der Waals surface area contributed by atoms with E-state index >= 15 is 0 Å². The van der Waals surface area contributed by atoms with Gasteiger partial charge in [0, 0.05) is 21.9 Å². The third kappa shape index (κ3) is 3.40. The third-order valence-electron chi connectivity index (χ3n) is 6.28. The van der Waals surface area contributed by atoms with E-state index in [1.54, 1.807) is 12.1 Å². The van der Waals surface area contributed by atoms with Crippen molar-refractivity contribution in [1.82, 2.24) is 4.90 Å². The van der Waals surface area contributed by atoms with Gasteiger partial charge >= 0.3 is 6.18 Å². The number of carbonyl (C=O) groups excluding carboxylic acids is 1. The average Bonchev–Trinajstić information content (AvgIpc) is 2.93. The fourth-order valence-electron chi connectivity index (χ4n) is 4.93. The molecule has 1 N–H and O–H groups in total. The number of fused-ring (bicyclic) bond motifs is 4. The number of halogens is 3. The second-order valence-corrected chi connectivity index (χ2v) is 9.25. The number of rotatable bonds is 2. The number of carbonyl (C=O) groups is 1. The molecule has 30 heavy (non-hydrogen) atoms. The molecule has 158 valence electrons. The number of aliphatic hydroxyl groups is 1. The number of amides is 1. The maximum atomic E-state index is 13.5. The first-order valence-corrected chi connectivity index (χ1v) is 10.9. The molecule has 2 fully saturated rings. The minimum absolute atomic E-state index is 0.136. The molecular weight excluding hydrogens is 413 g/mol. The molecule has 3 aliphatic heterocycles. The van der Waals surface area contributed by atoms with E-state index < -0.39 is 11.7 Å². The lowest BCUT2D eigenvalue weighted by Crippen LogP contribution is -2.49. The molecule has 8 heteroatoms. The predicted octanol–water partition coefficient (Wildman–Crippen LogP) is 4.82. The molecular formula is C22H21F3N2O2S. The highest BCUT2D eigenvalue weighted by Crippen LogP contribution is 2.49. The van der Waals surface area contributed by atoms with Gasteiger partial charge in [0.05, 0.1) is 29.6 Å². The van der Waals surface area contributed by atoms with Crippen molar-refractivity contribution >= 4 is 29.0 Å². The average molecular weight is 434 g/mol. The van der Waals surface area contributed by atoms with Crippen LogP contribution >= 0.6 is 11.8 Å². The molecule has 0 spiro atoms. The van der Waals surface area contributed by atoms with E-state index in [9.17, 15) is 23.1 Å². The lowest BCUT2D eigenvalue weighted by Gasteiger charge is -2.39. The fraction of sp³-hybridized carbons (Fsp3) is 0.409. The summed E-state index contributed by atoms with van der Waals surface area (Å²) in [4.78, 5) is 18.5. The second-order valence-electron chi connectivity index (χ2n) is 8.16. The van der Waals surface area contributed by atoms with Crippen molar-refractivity contribution in [2.45, 2.75) is 59.8 Å². The Morgan fingerprint density at radius 3 is 2.40 bits per heavy atom. The molecule has 2 atom stereocenters. The molecule has 0 aliphatic carbocycles. The number of alkyl halides is 3. The molecule has 0 saturated carbocycles. The molecule has 3 heterocycles. The fourth-order valence-corrected chi connectivity index (χ4v) is 5.97. The summed E-state index contributed by atoms with van der Waals surface area (Å²) in [5, 5.41) is 10.0. The summed E-state index contributed by atoms with van der Waals surface area (Å²) in [5.74, 6) is -0.239. The van der Waals surface area contributed by atoms with Crippen LogP contribution in [0.5, 0.6) is 0 Å². The molecule has 0 radical (unpaired) electrons. The number of hydrogen-bond acceptors (Lipinski definition) is 4. The highest BCUT2D eigenvalue weighted by molar-refractivity contribution is 7.99. The van der Waals surface area contributed by atoms with Crippen molar-refractivity contribution in [3.63, 3.8) is 0 Å². The Bertz CT molecular complexity index is 983. The van der Waals surface area contributed by atoms with E-state index in [1.165, 1.54) is 22.7 Å². The number of para-hydroxylation sites is 1. The van der Waals surface area contributed by atoms with Gasteiger partial charge in [-0.1, -0.05) is 23.9 Å². The van der Waals surface area contributed by atoms with Crippen molar-refractivity contribution in [2.24, 2.45) is 0 Å². The minimum Gasteiger partial charge on any atom is -0.393 e. The highest BCUT2D eigenvalue weighted by atomic mass is 32.2. The van der Waals surface area contributed by atoms with Gasteiger partial charge in [0.1, 0.15) is 0 Å². The molecule has 2 aromatic carbocycles. The van der Waals surface area contributed by atoms with E-state index in [0.717, 1.165) is 29.9 Å². The van der Waals surface area contributed by atoms with E-state index in [-0.39, 0.29) is 36.3 Å². The van der Waals surface area contributed by atoms with Gasteiger partial charge < -0.3 is 5.11 Å². The third-order valence-corrected chi connectivity index (χ3v) is 7.41. The standard InChI is InChI=1S/C22H21F3N2O2S/c23-22(24,25)13-5-8-20-18(9-13)27(17-3-1-2-4-19(17)30-20)21(29)12-26-14-6-7-15(26)11-16(28)10-14/h1-5,8-9,14-16,28H,6-7,10-12H2/t14-,15-/m1/s1. The summed E-state index contributed by atoms with van der Waals surface area (Å²) >= 11 is 1.37. The summed E-state index contributed by atoms with van der Waals surface area (Å²) in [7, 11) is 0. The van der Waals surface area contributed by atoms with E-state index in [1.807, 2.05) is 12.1 Å². The largest absolute Gasteiger partial charge is 0.416 e. The number of nitrogens with zero attached hydrogens (tertiary/aromatic N) is 2. The number of aliphatic hydroxyl groups excluding tert-OH is 1. The summed E-state index contributed by atoms with van der Waals surface area (Å²) in [6, 6.07) is 11.2. The molecule has 0 aromatic heterocycles. The zero-order valence-corrected chi connectivity index (χ0v) is 16.9. The SMILES string of the molecule is O=C(CN1[C@@H]2CC[C@@H]1CC(O)C2)N1c2ccccc2Sc2ccc(C(F)(F)F)cc21. The molecule has 2 aromatic rings. The molecule has 2 bridgehead atoms. The zero-order valence-electron chi connectivity index (χ0n) is 16.1. The summed E-state index contributed by atoms with van der Waals surface area (Å²) < 4.78 is 40.1. The van der Waals surface area contributed by atoms with Gasteiger partial charge in [-0.2, -0.15) is 13.2 Å². The summed E-state index contributed by atoms with van der Waals surface area (Å²) in [5.41, 5.74) is 0.131. The normalized spacial score (nSPS) is 25.7. The lowest BCUT2D eigenvalue weighted by atomic mass is 10.00. The number of benzene rings is 2. The summed E-state index contributed by atoms with van der Waals surface area (Å²) in [6.07, 6.45) is -1.65. The van der Waals surface area contributed by atoms with Crippen LogP contribution in [0.15, 0.2) is 52.3 Å². The van der Waals surface area contributed by atoms with E-state index in [4.69, 9.17) is 0 Å². The monoisotopic (exact) mass is 434 g/mol. The number of piperidine rings is 1. The van der Waals surface area contributed by atoms with Crippen LogP contribution in [0.3, 0.4) is 0 Å². The van der Waals surface area contributed by atoms with Crippen LogP contribution in [0.1, 0.15) is 31.2 Å². The Labute approximate surface area is 176 Å². The Hall–Kier alpha value is -2.03. The van der Waals surface area contributed by atoms with Gasteiger partial charge in [-0.25, -0.2) is 0 Å². The molecule has 4 nitrogen and oxygen atoms in total. The maximum Gasteiger partial charge on any atom is 0.416 e. The Kier molecular flexibility index (Phi) is 4.83. The van der Waals surface area contributed by atoms with Crippen LogP contribution in [-0.2, 0) is 11.0 Å². The van der Waals surface area contributed by atoms with Crippen LogP contribution in [0.4, 0.5) is 24.5 Å². The molecule has 1 amide bonds. The van der Waals surface area contributed by atoms with Crippen molar-refractivity contribution < 1.29 is 23.1 Å². The van der Waals surface area contributed by atoms with Crippen molar-refractivity contribution in [1.29, 1.82) is 0 Å². The maximum absolute atomic E-state index is 13.5. The molecule has 0 unspecified atom stereocenters. The smallest absolute Gasteiger partial charge is 0.393 e. The second kappa shape index (κ2) is 7.28. The van der Waals surface area contributed by atoms with Gasteiger partial charge in [0.25, 0.3) is 0 Å². The first-order valence-electron chi connectivity index (χ1n) is 10.1. The van der Waals surface area contributed by atoms with Crippen molar-refractivity contribution in [3.8, 4) is 0 Å². The van der Waals surface area contributed by atoms with Gasteiger partial charge in [0.2, 0.25) is 5.91 Å². The van der Waals surface area contributed by atoms with Gasteiger partial charge in [0.15, 0.2) is 0 Å². The van der Waals surface area contributed by atoms with Crippen LogP contribution < -0.4 is 4.90 Å². The van der Waals surface area contributed by atoms with E-state index in [0.29, 0.717) is 23.4 Å². The van der Waals surface area contributed by atoms with Crippen LogP contribution in [-0.4, -0.2) is 40.6 Å². The van der Waals surface area contributed by atoms with E-state index in [2.05, 4.69) is 4.90 Å². The van der Waals surface area contributed by atoms with Gasteiger partial charge in [-0.3, -0.25) is 14.6 Å². The Balaban J connectivity index is 1.52.